The van der Waals surface area contributed by atoms with E-state index < -0.39 is 0 Å². The van der Waals surface area contributed by atoms with E-state index in [2.05, 4.69) is 15.2 Å². The summed E-state index contributed by atoms with van der Waals surface area (Å²) in [5, 5.41) is 3.59. The Balaban J connectivity index is 1.31. The Kier molecular flexibility index (Phi) is 6.52. The Morgan fingerprint density at radius 2 is 1.81 bits per heavy atom. The first kappa shape index (κ1) is 20.9. The molecule has 1 fully saturated rings. The van der Waals surface area contributed by atoms with Gasteiger partial charge in [-0.15, -0.1) is 0 Å². The second-order valence-electron chi connectivity index (χ2n) is 7.44. The van der Waals surface area contributed by atoms with Crippen molar-refractivity contribution in [2.75, 3.05) is 36.4 Å². The Morgan fingerprint density at radius 1 is 1.03 bits per heavy atom. The highest BCUT2D eigenvalue weighted by atomic mass is 35.5. The van der Waals surface area contributed by atoms with E-state index in [4.69, 9.17) is 11.6 Å². The van der Waals surface area contributed by atoms with E-state index >= 15 is 0 Å². The number of anilines is 2. The third-order valence-corrected chi connectivity index (χ3v) is 5.56. The lowest BCUT2D eigenvalue weighted by atomic mass is 10.1. The lowest BCUT2D eigenvalue weighted by Gasteiger charge is -2.36. The fraction of sp³-hybridized carbons (Fsp3) is 0.261. The number of nitrogens with zero attached hydrogens (tertiary/aromatic N) is 4. The lowest BCUT2D eigenvalue weighted by molar-refractivity contribution is -0.116. The molecule has 2 aromatic carbocycles. The van der Waals surface area contributed by atoms with E-state index in [-0.39, 0.29) is 11.8 Å². The van der Waals surface area contributed by atoms with E-state index in [0.29, 0.717) is 42.3 Å². The van der Waals surface area contributed by atoms with Crippen LogP contribution in [-0.2, 0) is 11.3 Å². The van der Waals surface area contributed by atoms with Crippen LogP contribution in [0.25, 0.3) is 0 Å². The number of nitrogens with one attached hydrogen (secondary N) is 1. The molecule has 0 spiro atoms. The second-order valence-corrected chi connectivity index (χ2v) is 7.87. The molecule has 0 aliphatic carbocycles. The van der Waals surface area contributed by atoms with Gasteiger partial charge in [-0.1, -0.05) is 17.7 Å². The smallest absolute Gasteiger partial charge is 0.254 e. The molecule has 160 valence electrons. The van der Waals surface area contributed by atoms with Crippen LogP contribution in [-0.4, -0.2) is 52.4 Å². The number of hydrogen-bond acceptors (Lipinski definition) is 4. The summed E-state index contributed by atoms with van der Waals surface area (Å²) in [5.74, 6) is -0.125. The summed E-state index contributed by atoms with van der Waals surface area (Å²) in [7, 11) is 0. The zero-order valence-corrected chi connectivity index (χ0v) is 17.8. The molecular formula is C23H24ClN5O2. The molecule has 31 heavy (non-hydrogen) atoms. The van der Waals surface area contributed by atoms with Gasteiger partial charge in [-0.2, -0.15) is 0 Å². The van der Waals surface area contributed by atoms with Gasteiger partial charge in [0.1, 0.15) is 0 Å². The number of halogens is 1. The Morgan fingerprint density at radius 3 is 2.52 bits per heavy atom. The molecule has 4 rings (SSSR count). The largest absolute Gasteiger partial charge is 0.368 e. The van der Waals surface area contributed by atoms with Gasteiger partial charge in [-0.05, 0) is 42.5 Å². The van der Waals surface area contributed by atoms with Gasteiger partial charge in [-0.3, -0.25) is 9.59 Å². The van der Waals surface area contributed by atoms with Crippen LogP contribution < -0.4 is 10.2 Å². The molecule has 8 heteroatoms. The van der Waals surface area contributed by atoms with E-state index in [9.17, 15) is 9.59 Å². The van der Waals surface area contributed by atoms with Gasteiger partial charge in [0.25, 0.3) is 5.91 Å². The molecule has 3 aromatic rings. The topological polar surface area (TPSA) is 70.5 Å². The van der Waals surface area contributed by atoms with Gasteiger partial charge in [0.05, 0.1) is 6.33 Å². The molecule has 1 saturated heterocycles. The van der Waals surface area contributed by atoms with Crippen molar-refractivity contribution >= 4 is 34.8 Å². The molecule has 0 bridgehead atoms. The van der Waals surface area contributed by atoms with Gasteiger partial charge < -0.3 is 19.7 Å². The zero-order valence-electron chi connectivity index (χ0n) is 17.1. The maximum Gasteiger partial charge on any atom is 0.254 e. The number of hydrogen-bond donors (Lipinski definition) is 1. The predicted octanol–water partition coefficient (Wildman–Crippen LogP) is 3.53. The van der Waals surface area contributed by atoms with Crippen LogP contribution >= 0.6 is 11.6 Å². The van der Waals surface area contributed by atoms with E-state index in [1.165, 1.54) is 0 Å². The van der Waals surface area contributed by atoms with Crippen LogP contribution in [0.3, 0.4) is 0 Å². The molecule has 2 heterocycles. The van der Waals surface area contributed by atoms with Crippen molar-refractivity contribution in [2.24, 2.45) is 0 Å². The maximum atomic E-state index is 13.0. The highest BCUT2D eigenvalue weighted by molar-refractivity contribution is 6.30. The molecule has 0 saturated carbocycles. The minimum atomic E-state index is -0.102. The third-order valence-electron chi connectivity index (χ3n) is 5.31. The monoisotopic (exact) mass is 437 g/mol. The van der Waals surface area contributed by atoms with Gasteiger partial charge >= 0.3 is 0 Å². The van der Waals surface area contributed by atoms with Gasteiger partial charge in [0.15, 0.2) is 0 Å². The molecule has 1 aromatic heterocycles. The number of rotatable bonds is 6. The molecule has 7 nitrogen and oxygen atoms in total. The summed E-state index contributed by atoms with van der Waals surface area (Å²) in [5.41, 5.74) is 2.31. The standard InChI is InChI=1S/C23H24ClN5O2/c24-19-4-6-21(7-5-19)28-12-14-29(15-13-28)23(31)18-2-1-3-20(16-18)26-22(30)8-10-27-11-9-25-17-27/h1-7,9,11,16-17H,8,10,12-15H2,(H,26,30). The van der Waals surface area contributed by atoms with Crippen LogP contribution in [0.4, 0.5) is 11.4 Å². The second kappa shape index (κ2) is 9.66. The van der Waals surface area contributed by atoms with Gasteiger partial charge in [0.2, 0.25) is 5.91 Å². The zero-order chi connectivity index (χ0) is 21.6. The molecule has 0 atom stereocenters. The highest BCUT2D eigenvalue weighted by Gasteiger charge is 2.22. The average molecular weight is 438 g/mol. The molecular weight excluding hydrogens is 414 g/mol. The summed E-state index contributed by atoms with van der Waals surface area (Å²) in [6.45, 7) is 3.37. The Labute approximate surface area is 186 Å². The van der Waals surface area contributed by atoms with Crippen LogP contribution in [0.5, 0.6) is 0 Å². The first-order valence-electron chi connectivity index (χ1n) is 10.2. The number of carbonyl (C=O) groups excluding carboxylic acids is 2. The first-order chi connectivity index (χ1) is 15.1. The van der Waals surface area contributed by atoms with Crippen molar-refractivity contribution in [3.63, 3.8) is 0 Å². The Hall–Kier alpha value is -3.32. The number of piperazine rings is 1. The SMILES string of the molecule is O=C(CCn1ccnc1)Nc1cccc(C(=O)N2CCN(c3ccc(Cl)cc3)CC2)c1. The molecule has 2 amide bonds. The van der Waals surface area contributed by atoms with Crippen LogP contribution in [0.15, 0.2) is 67.3 Å². The van der Waals surface area contributed by atoms with E-state index in [1.807, 2.05) is 39.9 Å². The molecule has 0 radical (unpaired) electrons. The summed E-state index contributed by atoms with van der Waals surface area (Å²) in [6.07, 6.45) is 5.52. The molecule has 0 unspecified atom stereocenters. The third kappa shape index (κ3) is 5.44. The highest BCUT2D eigenvalue weighted by Crippen LogP contribution is 2.20. The number of amides is 2. The summed E-state index contributed by atoms with van der Waals surface area (Å²) in [4.78, 5) is 33.3. The maximum absolute atomic E-state index is 13.0. The fourth-order valence-electron chi connectivity index (χ4n) is 3.61. The van der Waals surface area contributed by atoms with Crippen molar-refractivity contribution < 1.29 is 9.59 Å². The van der Waals surface area contributed by atoms with Gasteiger partial charge in [0, 0.05) is 73.5 Å². The fourth-order valence-corrected chi connectivity index (χ4v) is 3.73. The number of aryl methyl sites for hydroxylation is 1. The molecule has 1 aliphatic rings. The quantitative estimate of drug-likeness (QED) is 0.640. The number of aromatic nitrogens is 2. The minimum Gasteiger partial charge on any atom is -0.368 e. The Bertz CT molecular complexity index is 1030. The predicted molar refractivity (Wildman–Crippen MR) is 121 cm³/mol. The number of carbonyl (C=O) groups is 2. The number of imidazole rings is 1. The van der Waals surface area contributed by atoms with Gasteiger partial charge in [-0.25, -0.2) is 4.98 Å². The van der Waals surface area contributed by atoms with Crippen molar-refractivity contribution in [1.29, 1.82) is 0 Å². The van der Waals surface area contributed by atoms with Crippen LogP contribution in [0.2, 0.25) is 5.02 Å². The van der Waals surface area contributed by atoms with Crippen molar-refractivity contribution in [2.45, 2.75) is 13.0 Å². The minimum absolute atomic E-state index is 0.0229. The van der Waals surface area contributed by atoms with E-state index in [1.54, 1.807) is 36.8 Å². The van der Waals surface area contributed by atoms with E-state index in [0.717, 1.165) is 18.8 Å². The first-order valence-corrected chi connectivity index (χ1v) is 10.6. The summed E-state index contributed by atoms with van der Waals surface area (Å²) in [6, 6.07) is 14.9. The van der Waals surface area contributed by atoms with Crippen molar-refractivity contribution in [1.82, 2.24) is 14.5 Å². The van der Waals surface area contributed by atoms with Crippen molar-refractivity contribution in [3.05, 3.63) is 77.8 Å². The number of benzene rings is 2. The summed E-state index contributed by atoms with van der Waals surface area (Å²) < 4.78 is 1.85. The normalized spacial score (nSPS) is 13.8. The average Bonchev–Trinajstić information content (AvgIpc) is 3.32. The van der Waals surface area contributed by atoms with Crippen LogP contribution in [0, 0.1) is 0 Å². The molecule has 1 N–H and O–H groups in total. The molecule has 1 aliphatic heterocycles. The lowest BCUT2D eigenvalue weighted by Crippen LogP contribution is -2.48. The van der Waals surface area contributed by atoms with Crippen molar-refractivity contribution in [3.8, 4) is 0 Å². The van der Waals surface area contributed by atoms with Crippen LogP contribution in [0.1, 0.15) is 16.8 Å². The summed E-state index contributed by atoms with van der Waals surface area (Å²) >= 11 is 5.97.